The number of carbonyl (C=O) groups is 2. The fraction of sp³-hybridized carbons (Fsp3) is 0.391. The quantitative estimate of drug-likeness (QED) is 0.786. The van der Waals surface area contributed by atoms with Crippen LogP contribution < -0.4 is 15.0 Å². The van der Waals surface area contributed by atoms with E-state index in [9.17, 15) is 18.4 Å². The van der Waals surface area contributed by atoms with Crippen molar-refractivity contribution in [1.82, 2.24) is 4.90 Å². The number of ether oxygens (including phenoxy) is 1. The van der Waals surface area contributed by atoms with Crippen LogP contribution in [0.1, 0.15) is 26.2 Å². The molecule has 1 saturated heterocycles. The molecule has 6 nitrogen and oxygen atoms in total. The summed E-state index contributed by atoms with van der Waals surface area (Å²) < 4.78 is 33.1. The number of likely N-dealkylation sites (tertiary alicyclic amines) is 1. The summed E-state index contributed by atoms with van der Waals surface area (Å²) in [6.45, 7) is 3.33. The molecule has 0 aromatic heterocycles. The molecule has 0 saturated carbocycles. The van der Waals surface area contributed by atoms with Crippen LogP contribution in [0.4, 0.5) is 25.0 Å². The lowest BCUT2D eigenvalue weighted by atomic mass is 9.96. The molecule has 0 unspecified atom stereocenters. The van der Waals surface area contributed by atoms with E-state index in [0.717, 1.165) is 30.3 Å². The van der Waals surface area contributed by atoms with Gasteiger partial charge in [0.15, 0.2) is 0 Å². The first-order valence-corrected chi connectivity index (χ1v) is 10.5. The van der Waals surface area contributed by atoms with Crippen LogP contribution in [0, 0.1) is 17.6 Å². The Morgan fingerprint density at radius 2 is 1.87 bits per heavy atom. The summed E-state index contributed by atoms with van der Waals surface area (Å²) in [4.78, 5) is 29.2. The molecule has 0 bridgehead atoms. The van der Waals surface area contributed by atoms with Crippen molar-refractivity contribution in [3.05, 3.63) is 54.1 Å². The van der Waals surface area contributed by atoms with Gasteiger partial charge in [0.25, 0.3) is 0 Å². The third-order valence-corrected chi connectivity index (χ3v) is 5.84. The number of nitrogens with zero attached hydrogens (tertiary/aromatic N) is 2. The molecule has 0 radical (unpaired) electrons. The Hall–Kier alpha value is -3.16. The fourth-order valence-electron chi connectivity index (χ4n) is 4.02. The van der Waals surface area contributed by atoms with E-state index in [0.29, 0.717) is 38.2 Å². The van der Waals surface area contributed by atoms with Crippen molar-refractivity contribution in [3.63, 3.8) is 0 Å². The van der Waals surface area contributed by atoms with Gasteiger partial charge in [-0.25, -0.2) is 13.6 Å². The number of rotatable bonds is 3. The highest BCUT2D eigenvalue weighted by Gasteiger charge is 2.34. The topological polar surface area (TPSA) is 61.9 Å². The Balaban J connectivity index is 1.39. The van der Waals surface area contributed by atoms with Crippen LogP contribution in [0.25, 0.3) is 0 Å². The van der Waals surface area contributed by atoms with E-state index in [2.05, 4.69) is 5.32 Å². The first-order valence-electron chi connectivity index (χ1n) is 10.5. The SMILES string of the molecule is CC[C@@H]1CN(C(=O)N2CCC(C(=O)Nc3cc(F)ccc3F)CC2)c2ccccc2O1. The molecule has 3 amide bonds. The second-order valence-electron chi connectivity index (χ2n) is 7.88. The summed E-state index contributed by atoms with van der Waals surface area (Å²) in [5, 5.41) is 2.47. The van der Waals surface area contributed by atoms with Gasteiger partial charge in [0.05, 0.1) is 17.9 Å². The van der Waals surface area contributed by atoms with E-state index in [1.54, 1.807) is 9.80 Å². The predicted octanol–water partition coefficient (Wildman–Crippen LogP) is 4.41. The number of urea groups is 1. The predicted molar refractivity (Wildman–Crippen MR) is 113 cm³/mol. The third kappa shape index (κ3) is 4.47. The largest absolute Gasteiger partial charge is 0.486 e. The van der Waals surface area contributed by atoms with Crippen LogP contribution in [0.3, 0.4) is 0 Å². The Kier molecular flexibility index (Phi) is 6.06. The van der Waals surface area contributed by atoms with E-state index in [1.807, 2.05) is 31.2 Å². The van der Waals surface area contributed by atoms with Crippen LogP contribution in [0.15, 0.2) is 42.5 Å². The third-order valence-electron chi connectivity index (χ3n) is 5.84. The van der Waals surface area contributed by atoms with Gasteiger partial charge in [0.1, 0.15) is 23.5 Å². The van der Waals surface area contributed by atoms with Crippen LogP contribution in [-0.2, 0) is 4.79 Å². The van der Waals surface area contributed by atoms with E-state index >= 15 is 0 Å². The number of nitrogens with one attached hydrogen (secondary N) is 1. The van der Waals surface area contributed by atoms with Gasteiger partial charge in [-0.3, -0.25) is 9.69 Å². The fourth-order valence-corrected chi connectivity index (χ4v) is 4.02. The van der Waals surface area contributed by atoms with E-state index < -0.39 is 11.6 Å². The van der Waals surface area contributed by atoms with Gasteiger partial charge < -0.3 is 15.0 Å². The highest BCUT2D eigenvalue weighted by atomic mass is 19.1. The molecule has 0 aliphatic carbocycles. The molecule has 1 N–H and O–H groups in total. The minimum absolute atomic E-state index is 0.0664. The molecule has 1 fully saturated rings. The summed E-state index contributed by atoms with van der Waals surface area (Å²) in [5.41, 5.74) is 0.581. The highest BCUT2D eigenvalue weighted by Crippen LogP contribution is 2.35. The van der Waals surface area contributed by atoms with Crippen molar-refractivity contribution in [2.75, 3.05) is 29.9 Å². The Morgan fingerprint density at radius 1 is 1.13 bits per heavy atom. The monoisotopic (exact) mass is 429 g/mol. The zero-order valence-corrected chi connectivity index (χ0v) is 17.3. The number of fused-ring (bicyclic) bond motifs is 1. The van der Waals surface area contributed by atoms with Gasteiger partial charge in [-0.2, -0.15) is 0 Å². The van der Waals surface area contributed by atoms with Crippen molar-refractivity contribution >= 4 is 23.3 Å². The summed E-state index contributed by atoms with van der Waals surface area (Å²) in [7, 11) is 0. The summed E-state index contributed by atoms with van der Waals surface area (Å²) in [6.07, 6.45) is 1.63. The first-order chi connectivity index (χ1) is 15.0. The molecule has 31 heavy (non-hydrogen) atoms. The first kappa shape index (κ1) is 21.1. The van der Waals surface area contributed by atoms with Crippen molar-refractivity contribution in [2.45, 2.75) is 32.3 Å². The molecule has 4 rings (SSSR count). The van der Waals surface area contributed by atoms with E-state index in [1.165, 1.54) is 0 Å². The zero-order valence-electron chi connectivity index (χ0n) is 17.3. The number of anilines is 2. The number of hydrogen-bond donors (Lipinski definition) is 1. The Morgan fingerprint density at radius 3 is 2.61 bits per heavy atom. The van der Waals surface area contributed by atoms with Gasteiger partial charge in [0, 0.05) is 25.1 Å². The van der Waals surface area contributed by atoms with Gasteiger partial charge >= 0.3 is 6.03 Å². The maximum atomic E-state index is 13.8. The molecule has 2 aromatic carbocycles. The van der Waals surface area contributed by atoms with E-state index in [-0.39, 0.29) is 29.6 Å². The lowest BCUT2D eigenvalue weighted by Gasteiger charge is -2.39. The van der Waals surface area contributed by atoms with Crippen LogP contribution >= 0.6 is 0 Å². The number of carbonyl (C=O) groups excluding carboxylic acids is 2. The minimum Gasteiger partial charge on any atom is -0.486 e. The summed E-state index contributed by atoms with van der Waals surface area (Å²) in [5.74, 6) is -1.33. The van der Waals surface area contributed by atoms with Gasteiger partial charge in [-0.15, -0.1) is 0 Å². The van der Waals surface area contributed by atoms with Crippen molar-refractivity contribution < 1.29 is 23.1 Å². The zero-order chi connectivity index (χ0) is 22.0. The highest BCUT2D eigenvalue weighted by molar-refractivity contribution is 5.95. The second kappa shape index (κ2) is 8.91. The lowest BCUT2D eigenvalue weighted by Crippen LogP contribution is -2.52. The molecule has 164 valence electrons. The van der Waals surface area contributed by atoms with Crippen molar-refractivity contribution in [3.8, 4) is 5.75 Å². The Bertz CT molecular complexity index is 976. The molecule has 2 aliphatic rings. The second-order valence-corrected chi connectivity index (χ2v) is 7.88. The standard InChI is InChI=1S/C23H25F2N3O3/c1-2-17-14-28(20-5-3-4-6-21(20)31-17)23(30)27-11-9-15(10-12-27)22(29)26-19-13-16(24)7-8-18(19)25/h3-8,13,15,17H,2,9-12,14H2,1H3,(H,26,29)/t17-/m1/s1. The molecule has 2 aliphatic heterocycles. The van der Waals surface area contributed by atoms with Crippen molar-refractivity contribution in [1.29, 1.82) is 0 Å². The minimum atomic E-state index is -0.682. The molecule has 2 aromatic rings. The molecular formula is C23H25F2N3O3. The van der Waals surface area contributed by atoms with Crippen LogP contribution in [-0.4, -0.2) is 42.6 Å². The summed E-state index contributed by atoms with van der Waals surface area (Å²) >= 11 is 0. The maximum Gasteiger partial charge on any atom is 0.324 e. The van der Waals surface area contributed by atoms with E-state index in [4.69, 9.17) is 4.74 Å². The number of para-hydroxylation sites is 2. The molecule has 2 heterocycles. The molecular weight excluding hydrogens is 404 g/mol. The van der Waals surface area contributed by atoms with Crippen LogP contribution in [0.2, 0.25) is 0 Å². The lowest BCUT2D eigenvalue weighted by molar-refractivity contribution is -0.121. The molecule has 0 spiro atoms. The average Bonchev–Trinajstić information content (AvgIpc) is 2.80. The smallest absolute Gasteiger partial charge is 0.324 e. The Labute approximate surface area is 179 Å². The van der Waals surface area contributed by atoms with Gasteiger partial charge in [-0.05, 0) is 43.5 Å². The number of benzene rings is 2. The summed E-state index contributed by atoms with van der Waals surface area (Å²) in [6, 6.07) is 10.3. The van der Waals surface area contributed by atoms with Crippen LogP contribution in [0.5, 0.6) is 5.75 Å². The molecule has 8 heteroatoms. The molecule has 1 atom stereocenters. The number of hydrogen-bond acceptors (Lipinski definition) is 3. The number of amides is 3. The van der Waals surface area contributed by atoms with Gasteiger partial charge in [0.2, 0.25) is 5.91 Å². The average molecular weight is 429 g/mol. The van der Waals surface area contributed by atoms with Gasteiger partial charge in [-0.1, -0.05) is 19.1 Å². The normalized spacial score (nSPS) is 18.9. The number of halogens is 2. The maximum absolute atomic E-state index is 13.8. The van der Waals surface area contributed by atoms with Crippen molar-refractivity contribution in [2.24, 2.45) is 5.92 Å². The number of piperidine rings is 1.